The number of pyridine rings is 2. The number of hydrogen-bond acceptors (Lipinski definition) is 19. The van der Waals surface area contributed by atoms with E-state index < -0.39 is 172 Å². The van der Waals surface area contributed by atoms with Crippen molar-refractivity contribution in [3.05, 3.63) is 303 Å². The van der Waals surface area contributed by atoms with E-state index in [1.54, 1.807) is 49.5 Å². The molecule has 0 saturated carbocycles. The highest BCUT2D eigenvalue weighted by molar-refractivity contribution is 9.10. The van der Waals surface area contributed by atoms with Crippen LogP contribution in [-0.2, 0) is 61.8 Å². The number of rotatable bonds is 11. The van der Waals surface area contributed by atoms with Gasteiger partial charge in [0.2, 0.25) is 0 Å². The van der Waals surface area contributed by atoms with Crippen LogP contribution < -0.4 is 16.8 Å². The molecule has 60 heteroatoms. The van der Waals surface area contributed by atoms with Crippen LogP contribution in [-0.4, -0.2) is 96.4 Å². The summed E-state index contributed by atoms with van der Waals surface area (Å²) < 4.78 is 395. The number of nitro groups is 2. The molecule has 0 spiro atoms. The number of aromatic amines is 1. The molecule has 9 heterocycles. The summed E-state index contributed by atoms with van der Waals surface area (Å²) in [6.45, 7) is 7.16. The monoisotopic (exact) mass is 2080 g/mol. The van der Waals surface area contributed by atoms with E-state index >= 15 is 0 Å². The number of hydrogen-bond donors (Lipinski definition) is 5. The van der Waals surface area contributed by atoms with Gasteiger partial charge in [-0.1, -0.05) is 38.4 Å². The maximum absolute atomic E-state index is 13.5. The molecule has 738 valence electrons. The maximum atomic E-state index is 13.5. The minimum Gasteiger partial charge on any atom is -0.476 e. The Morgan fingerprint density at radius 1 is 0.406 bits per heavy atom. The predicted octanol–water partition coefficient (Wildman–Crippen LogP) is 24.2. The van der Waals surface area contributed by atoms with Crippen LogP contribution in [0.1, 0.15) is 105 Å². The van der Waals surface area contributed by atoms with E-state index in [4.69, 9.17) is 25.6 Å². The number of amides is 1. The second kappa shape index (κ2) is 42.4. The number of carboxylic acids is 1. The Bertz CT molecular complexity index is 6470. The molecule has 0 atom stereocenters. The van der Waals surface area contributed by atoms with Crippen molar-refractivity contribution in [2.45, 2.75) is 96.4 Å². The van der Waals surface area contributed by atoms with Crippen molar-refractivity contribution in [3.8, 4) is 45.7 Å². The van der Waals surface area contributed by atoms with Crippen LogP contribution in [0.3, 0.4) is 0 Å². The smallest absolute Gasteiger partial charge is 0.418 e. The summed E-state index contributed by atoms with van der Waals surface area (Å²) in [7, 11) is 0. The molecule has 7 N–H and O–H groups in total. The summed E-state index contributed by atoms with van der Waals surface area (Å²) in [6.07, 6.45) is -41.0. The Balaban J connectivity index is 0.000000226. The third kappa shape index (κ3) is 28.7. The normalized spacial score (nSPS) is 12.0. The lowest BCUT2D eigenvalue weighted by atomic mass is 10.1. The van der Waals surface area contributed by atoms with Crippen LogP contribution in [0.2, 0.25) is 0 Å². The van der Waals surface area contributed by atoms with E-state index in [2.05, 4.69) is 72.1 Å². The minimum atomic E-state index is -5.09. The van der Waals surface area contributed by atoms with Gasteiger partial charge in [0.1, 0.15) is 35.2 Å². The summed E-state index contributed by atoms with van der Waals surface area (Å²) in [5, 5.41) is 59.7. The van der Waals surface area contributed by atoms with Gasteiger partial charge in [0.15, 0.2) is 22.9 Å². The fourth-order valence-corrected chi connectivity index (χ4v) is 11.3. The van der Waals surface area contributed by atoms with E-state index in [1.165, 1.54) is 52.2 Å². The van der Waals surface area contributed by atoms with Gasteiger partial charge in [0, 0.05) is 29.0 Å². The molecule has 0 bridgehead atoms. The Morgan fingerprint density at radius 2 is 0.717 bits per heavy atom. The molecule has 0 aliphatic rings. The van der Waals surface area contributed by atoms with Crippen molar-refractivity contribution >= 4 is 68.7 Å². The first-order chi connectivity index (χ1) is 62.9. The number of aryl methyl sites for hydroxylation is 5. The van der Waals surface area contributed by atoms with Gasteiger partial charge in [-0.3, -0.25) is 40.1 Å². The maximum Gasteiger partial charge on any atom is 0.418 e. The Kier molecular flexibility index (Phi) is 33.8. The molecule has 0 unspecified atom stereocenters. The van der Waals surface area contributed by atoms with Crippen molar-refractivity contribution in [1.29, 1.82) is 0 Å². The SMILES string of the molecule is Cc1[nH]ncc1[N+](=O)[O-].Cc1nn(-c2ccc(C(F)(F)F)cc2C(F)(F)F)cc1N.Cc1nn(-c2ccc(C(F)(F)F)cc2C(F)(F)F)cc1N.Cc1nn(-c2ccc(C(F)(F)F)cc2C(F)(F)F)cc1NC(=O)c1cc(-c2ccccn2)on1.Cc1nn(-c2ccc(C(F)(F)F)cc2C(F)(F)F)cc1[N+](=O)[O-].Cl.FC(F)(F)c1ccc(Br)c(C(F)(F)F)c1.O=C(O)c1cc(-c2ccccn2)on1. The Hall–Kier alpha value is -15.1. The van der Waals surface area contributed by atoms with Gasteiger partial charge < -0.3 is 30.9 Å². The Labute approximate surface area is 762 Å². The van der Waals surface area contributed by atoms with E-state index in [-0.39, 0.29) is 105 Å². The second-order valence-electron chi connectivity index (χ2n) is 27.2. The number of anilines is 3. The molecule has 0 aliphatic heterocycles. The number of nitrogens with one attached hydrogen (secondary N) is 2. The fraction of sp³-hybridized carbons (Fsp3) is 0.192. The zero-order valence-electron chi connectivity index (χ0n) is 68.5. The van der Waals surface area contributed by atoms with Gasteiger partial charge in [-0.15, -0.1) is 12.4 Å². The largest absolute Gasteiger partial charge is 0.476 e. The molecule has 0 saturated heterocycles. The quantitative estimate of drug-likeness (QED) is 0.0456. The number of carboxylic acid groups (broad SMARTS) is 1. The number of aromatic carboxylic acids is 1. The minimum absolute atomic E-state index is 0. The topological polar surface area (TPSA) is 383 Å². The first kappa shape index (κ1) is 110. The van der Waals surface area contributed by atoms with Crippen LogP contribution in [0, 0.1) is 54.8 Å². The van der Waals surface area contributed by atoms with Crippen molar-refractivity contribution in [2.75, 3.05) is 16.8 Å². The molecule has 1 amide bonds. The van der Waals surface area contributed by atoms with Crippen molar-refractivity contribution in [3.63, 3.8) is 0 Å². The van der Waals surface area contributed by atoms with Crippen LogP contribution in [0.4, 0.5) is 160 Å². The Morgan fingerprint density at radius 3 is 0.993 bits per heavy atom. The van der Waals surface area contributed by atoms with Gasteiger partial charge in [-0.05, 0) is 150 Å². The lowest BCUT2D eigenvalue weighted by Crippen LogP contribution is -2.15. The van der Waals surface area contributed by atoms with Crippen molar-refractivity contribution < 1.29 is 165 Å². The number of carbonyl (C=O) groups excluding carboxylic acids is 1. The highest BCUT2D eigenvalue weighted by Crippen LogP contribution is 2.46. The summed E-state index contributed by atoms with van der Waals surface area (Å²) in [6, 6.07) is 19.2. The van der Waals surface area contributed by atoms with Crippen molar-refractivity contribution in [2.24, 2.45) is 0 Å². The first-order valence-corrected chi connectivity index (χ1v) is 37.2. The fourth-order valence-electron chi connectivity index (χ4n) is 10.9. The standard InChI is InChI=1S/C21H13F6N5O2.C12H7F6N3O2.2C12H9F6N3.C9H6N2O3.C8H3BrF6.C4H5N3O2.ClH/c1-11-16(29-19(33)15-9-18(34-31-15)14-4-2-3-7-28-14)10-32(30-11)17-6-5-12(20(22,23)24)8-13(17)21(25,26)27;1-6-10(21(22)23)5-20(19-6)9-3-2-7(11(13,14)15)4-8(9)12(16,17)18;2*1-6-9(19)5-21(20-6)10-3-2-7(11(13,14)15)4-8(10)12(16,17)18;12-9(13)7-5-8(14-11-7)6-3-1-2-4-10-6;9-6-2-1-4(7(10,11)12)3-5(6)8(13,14)15;1-3-4(7(8)9)2-5-6-3;/h2-10H,1H3,(H,29,33);2-5H,1H3;2*2-5H,19H2,1H3;1-5H,(H,12,13);1-3H;2H,1H3,(H,5,6);1H. The third-order valence-electron chi connectivity index (χ3n) is 17.5. The highest BCUT2D eigenvalue weighted by atomic mass is 79.9. The number of halogens is 32. The zero-order chi connectivity index (χ0) is 103. The van der Waals surface area contributed by atoms with Crippen LogP contribution >= 0.6 is 28.3 Å². The molecule has 0 aliphatic carbocycles. The van der Waals surface area contributed by atoms with Crippen molar-refractivity contribution in [1.82, 2.24) is 69.6 Å². The lowest BCUT2D eigenvalue weighted by molar-refractivity contribution is -0.385. The number of nitrogens with zero attached hydrogens (tertiary/aromatic N) is 15. The molecule has 9 aromatic heterocycles. The molecule has 14 aromatic rings. The number of nitrogens with two attached hydrogens (primary N) is 2. The van der Waals surface area contributed by atoms with Gasteiger partial charge >= 0.3 is 79.1 Å². The number of nitrogen functional groups attached to an aromatic ring is 2. The lowest BCUT2D eigenvalue weighted by Gasteiger charge is -2.15. The first-order valence-electron chi connectivity index (χ1n) is 36.4. The van der Waals surface area contributed by atoms with E-state index in [0.717, 1.165) is 50.8 Å². The predicted molar refractivity (Wildman–Crippen MR) is 424 cm³/mol. The average molecular weight is 2090 g/mol. The highest BCUT2D eigenvalue weighted by Gasteiger charge is 2.45. The average Bonchev–Trinajstić information content (AvgIpc) is 1.60. The van der Waals surface area contributed by atoms with Crippen LogP contribution in [0.15, 0.2) is 196 Å². The summed E-state index contributed by atoms with van der Waals surface area (Å²) in [5.74, 6) is -1.28. The summed E-state index contributed by atoms with van der Waals surface area (Å²) in [4.78, 5) is 50.5. The molecular weight excluding hydrogens is 2030 g/mol. The molecule has 5 aromatic carbocycles. The van der Waals surface area contributed by atoms with Gasteiger partial charge in [-0.25, -0.2) is 23.5 Å². The molecule has 138 heavy (non-hydrogen) atoms. The molecule has 14 rings (SSSR count). The van der Waals surface area contributed by atoms with Gasteiger partial charge in [0.25, 0.3) is 5.91 Å². The second-order valence-corrected chi connectivity index (χ2v) is 28.0. The number of alkyl halides is 30. The summed E-state index contributed by atoms with van der Waals surface area (Å²) in [5.41, 5.74) is -4.19. The van der Waals surface area contributed by atoms with Crippen LogP contribution in [0.5, 0.6) is 0 Å². The number of carbonyl (C=O) groups is 2. The summed E-state index contributed by atoms with van der Waals surface area (Å²) >= 11 is 2.55. The van der Waals surface area contributed by atoms with Gasteiger partial charge in [0.05, 0.1) is 141 Å². The van der Waals surface area contributed by atoms with Gasteiger partial charge in [-0.2, -0.15) is 157 Å². The van der Waals surface area contributed by atoms with E-state index in [9.17, 15) is 162 Å². The molecule has 0 radical (unpaired) electrons. The zero-order valence-corrected chi connectivity index (χ0v) is 70.9. The third-order valence-corrected chi connectivity index (χ3v) is 18.2. The number of aromatic nitrogens is 14. The molecule has 28 nitrogen and oxygen atoms in total. The number of H-pyrrole nitrogens is 1. The van der Waals surface area contributed by atoms with E-state index in [0.29, 0.717) is 76.2 Å². The number of benzene rings is 5. The molecule has 0 fully saturated rings. The van der Waals surface area contributed by atoms with E-state index in [1.807, 2.05) is 0 Å². The van der Waals surface area contributed by atoms with Crippen LogP contribution in [0.25, 0.3) is 45.7 Å². The molecular formula is C78H53BrClF30N19O9.